The summed E-state index contributed by atoms with van der Waals surface area (Å²) in [5, 5.41) is 11.5. The van der Waals surface area contributed by atoms with Gasteiger partial charge in [0, 0.05) is 38.1 Å². The van der Waals surface area contributed by atoms with Crippen molar-refractivity contribution in [3.05, 3.63) is 194 Å². The highest BCUT2D eigenvalue weighted by atomic mass is 16.3. The minimum atomic E-state index is 0.868. The molecule has 12 aromatic rings. The van der Waals surface area contributed by atoms with Gasteiger partial charge in [0.1, 0.15) is 22.3 Å². The summed E-state index contributed by atoms with van der Waals surface area (Å²) in [6.45, 7) is 0. The van der Waals surface area contributed by atoms with E-state index in [1.165, 1.54) is 54.9 Å². The summed E-state index contributed by atoms with van der Waals surface area (Å²) < 4.78 is 13.5. The topological polar surface area (TPSA) is 26.3 Å². The predicted molar refractivity (Wildman–Crippen MR) is 235 cm³/mol. The molecule has 10 aromatic carbocycles. The van der Waals surface area contributed by atoms with E-state index in [9.17, 15) is 0 Å². The summed E-state index contributed by atoms with van der Waals surface area (Å²) >= 11 is 0. The van der Waals surface area contributed by atoms with Gasteiger partial charge in [-0.15, -0.1) is 0 Å². The number of hydrogen-bond acceptors (Lipinski definition) is 2. The van der Waals surface area contributed by atoms with Gasteiger partial charge in [-0.05, 0) is 96.7 Å². The molecule has 0 amide bonds. The van der Waals surface area contributed by atoms with E-state index in [-0.39, 0.29) is 0 Å². The van der Waals surface area contributed by atoms with E-state index in [0.717, 1.165) is 65.8 Å². The van der Waals surface area contributed by atoms with Crippen LogP contribution < -0.4 is 0 Å². The van der Waals surface area contributed by atoms with E-state index < -0.39 is 0 Å². The molecule has 2 heteroatoms. The molecule has 0 fully saturated rings. The van der Waals surface area contributed by atoms with E-state index in [0.29, 0.717) is 0 Å². The monoisotopic (exact) mass is 712 g/mol. The standard InChI is InChI=1S/C54H32O2/c1-4-14-33(15-5-1)36-25-28-40-43(30-36)49(35-18-8-3-9-19-35)39-27-24-37(34-16-6-2-7-17-34)31-44(39)51(40)45-32-38-26-29-48-52(41-20-10-12-22-46(41)55-48)50(38)53-42-21-11-13-23-47(42)56-54(45)53/h1-32H. The minimum absolute atomic E-state index is 0.868. The van der Waals surface area contributed by atoms with E-state index >= 15 is 0 Å². The molecule has 0 aliphatic rings. The van der Waals surface area contributed by atoms with Crippen molar-refractivity contribution in [1.29, 1.82) is 0 Å². The van der Waals surface area contributed by atoms with E-state index in [1.807, 2.05) is 6.07 Å². The van der Waals surface area contributed by atoms with Crippen LogP contribution in [0.15, 0.2) is 203 Å². The van der Waals surface area contributed by atoms with Crippen molar-refractivity contribution >= 4 is 76.2 Å². The van der Waals surface area contributed by atoms with Crippen LogP contribution >= 0.6 is 0 Å². The molecule has 12 rings (SSSR count). The summed E-state index contributed by atoms with van der Waals surface area (Å²) in [5.41, 5.74) is 12.9. The highest BCUT2D eigenvalue weighted by Crippen LogP contribution is 2.51. The number of hydrogen-bond donors (Lipinski definition) is 0. The Balaban J connectivity index is 1.30. The Kier molecular flexibility index (Phi) is 6.66. The van der Waals surface area contributed by atoms with Gasteiger partial charge < -0.3 is 8.83 Å². The van der Waals surface area contributed by atoms with Gasteiger partial charge in [0.15, 0.2) is 0 Å². The third kappa shape index (κ3) is 4.57. The second kappa shape index (κ2) is 12.0. The van der Waals surface area contributed by atoms with Crippen molar-refractivity contribution in [2.45, 2.75) is 0 Å². The van der Waals surface area contributed by atoms with Crippen molar-refractivity contribution in [2.24, 2.45) is 0 Å². The molecular formula is C54H32O2. The molecule has 56 heavy (non-hydrogen) atoms. The van der Waals surface area contributed by atoms with Crippen LogP contribution in [-0.4, -0.2) is 0 Å². The van der Waals surface area contributed by atoms with Crippen molar-refractivity contribution < 1.29 is 8.83 Å². The molecule has 0 aliphatic carbocycles. The molecule has 0 saturated carbocycles. The molecule has 2 heterocycles. The smallest absolute Gasteiger partial charge is 0.143 e. The fourth-order valence-corrected chi connectivity index (χ4v) is 9.17. The molecule has 2 aromatic heterocycles. The first-order chi connectivity index (χ1) is 27.8. The molecule has 0 atom stereocenters. The first kappa shape index (κ1) is 31.0. The Labute approximate surface area is 322 Å². The van der Waals surface area contributed by atoms with E-state index in [2.05, 4.69) is 188 Å². The van der Waals surface area contributed by atoms with E-state index in [4.69, 9.17) is 8.83 Å². The van der Waals surface area contributed by atoms with Crippen LogP contribution in [0, 0.1) is 0 Å². The second-order valence-corrected chi connectivity index (χ2v) is 14.7. The van der Waals surface area contributed by atoms with Crippen LogP contribution in [0.1, 0.15) is 0 Å². The lowest BCUT2D eigenvalue weighted by Crippen LogP contribution is -1.93. The zero-order valence-corrected chi connectivity index (χ0v) is 30.3. The maximum absolute atomic E-state index is 7.07. The molecule has 0 radical (unpaired) electrons. The van der Waals surface area contributed by atoms with Gasteiger partial charge in [0.05, 0.1) is 0 Å². The molecular weight excluding hydrogens is 681 g/mol. The SMILES string of the molecule is c1ccc(-c2ccc3c(-c4cc5ccc6oc7ccccc7c6c5c5c4oc4ccccc45)c4cc(-c5ccccc5)ccc4c(-c4ccccc4)c3c2)cc1. The van der Waals surface area contributed by atoms with Gasteiger partial charge in [0.25, 0.3) is 0 Å². The van der Waals surface area contributed by atoms with Gasteiger partial charge >= 0.3 is 0 Å². The lowest BCUT2D eigenvalue weighted by atomic mass is 9.83. The van der Waals surface area contributed by atoms with Crippen LogP contribution in [-0.2, 0) is 0 Å². The zero-order valence-electron chi connectivity index (χ0n) is 30.3. The molecule has 0 aliphatic heterocycles. The predicted octanol–water partition coefficient (Wildman–Crippen LogP) is 15.6. The Morgan fingerprint density at radius 2 is 0.786 bits per heavy atom. The molecule has 0 spiro atoms. The summed E-state index contributed by atoms with van der Waals surface area (Å²) in [5.74, 6) is 0. The van der Waals surface area contributed by atoms with Gasteiger partial charge in [-0.3, -0.25) is 0 Å². The molecule has 2 nitrogen and oxygen atoms in total. The van der Waals surface area contributed by atoms with Crippen LogP contribution in [0.2, 0.25) is 0 Å². The number of rotatable bonds is 4. The van der Waals surface area contributed by atoms with Crippen LogP contribution in [0.25, 0.3) is 121 Å². The lowest BCUT2D eigenvalue weighted by Gasteiger charge is -2.20. The highest BCUT2D eigenvalue weighted by molar-refractivity contribution is 6.34. The largest absolute Gasteiger partial charge is 0.456 e. The van der Waals surface area contributed by atoms with Crippen molar-refractivity contribution in [3.8, 4) is 44.5 Å². The average molecular weight is 713 g/mol. The number of benzene rings is 10. The number of furan rings is 2. The van der Waals surface area contributed by atoms with E-state index in [1.54, 1.807) is 0 Å². The Morgan fingerprint density at radius 1 is 0.268 bits per heavy atom. The van der Waals surface area contributed by atoms with Gasteiger partial charge in [-0.25, -0.2) is 0 Å². The highest BCUT2D eigenvalue weighted by Gasteiger charge is 2.25. The summed E-state index contributed by atoms with van der Waals surface area (Å²) in [6, 6.07) is 69.8. The maximum Gasteiger partial charge on any atom is 0.143 e. The third-order valence-corrected chi connectivity index (χ3v) is 11.6. The normalized spacial score (nSPS) is 11.9. The van der Waals surface area contributed by atoms with Crippen LogP contribution in [0.3, 0.4) is 0 Å². The quantitative estimate of drug-likeness (QED) is 0.170. The Morgan fingerprint density at radius 3 is 1.43 bits per heavy atom. The number of para-hydroxylation sites is 2. The van der Waals surface area contributed by atoms with Crippen molar-refractivity contribution in [1.82, 2.24) is 0 Å². The van der Waals surface area contributed by atoms with Crippen LogP contribution in [0.4, 0.5) is 0 Å². The second-order valence-electron chi connectivity index (χ2n) is 14.7. The summed E-state index contributed by atoms with van der Waals surface area (Å²) in [7, 11) is 0. The van der Waals surface area contributed by atoms with Crippen LogP contribution in [0.5, 0.6) is 0 Å². The van der Waals surface area contributed by atoms with Crippen molar-refractivity contribution in [2.75, 3.05) is 0 Å². The zero-order chi connectivity index (χ0) is 36.7. The molecule has 0 unspecified atom stereocenters. The minimum Gasteiger partial charge on any atom is -0.456 e. The molecule has 0 bridgehead atoms. The Hall–Kier alpha value is -7.42. The molecule has 0 N–H and O–H groups in total. The number of fused-ring (bicyclic) bond motifs is 11. The van der Waals surface area contributed by atoms with Gasteiger partial charge in [-0.1, -0.05) is 158 Å². The average Bonchev–Trinajstić information content (AvgIpc) is 3.85. The molecule has 260 valence electrons. The first-order valence-corrected chi connectivity index (χ1v) is 19.2. The fraction of sp³-hybridized carbons (Fsp3) is 0. The summed E-state index contributed by atoms with van der Waals surface area (Å²) in [4.78, 5) is 0. The van der Waals surface area contributed by atoms with Gasteiger partial charge in [-0.2, -0.15) is 0 Å². The van der Waals surface area contributed by atoms with Crippen molar-refractivity contribution in [3.63, 3.8) is 0 Å². The third-order valence-electron chi connectivity index (χ3n) is 11.6. The first-order valence-electron chi connectivity index (χ1n) is 19.2. The fourth-order valence-electron chi connectivity index (χ4n) is 9.17. The maximum atomic E-state index is 7.07. The molecule has 0 saturated heterocycles. The Bertz CT molecular complexity index is 3500. The van der Waals surface area contributed by atoms with Gasteiger partial charge in [0.2, 0.25) is 0 Å². The summed E-state index contributed by atoms with van der Waals surface area (Å²) in [6.07, 6.45) is 0. The lowest BCUT2D eigenvalue weighted by molar-refractivity contribution is 0.669.